The fourth-order valence-electron chi connectivity index (χ4n) is 4.43. The lowest BCUT2D eigenvalue weighted by molar-refractivity contribution is -0.115. The first-order valence-corrected chi connectivity index (χ1v) is 12.1. The van der Waals surface area contributed by atoms with Gasteiger partial charge in [-0.3, -0.25) is 4.79 Å². The second kappa shape index (κ2) is 10.2. The summed E-state index contributed by atoms with van der Waals surface area (Å²) >= 11 is 9.56. The van der Waals surface area contributed by atoms with E-state index in [0.29, 0.717) is 5.92 Å². The number of amides is 1. The molecule has 1 saturated heterocycles. The van der Waals surface area contributed by atoms with E-state index in [1.165, 1.54) is 18.4 Å². The molecule has 0 saturated carbocycles. The van der Waals surface area contributed by atoms with Crippen molar-refractivity contribution in [2.75, 3.05) is 26.7 Å². The molecular weight excluding hydrogens is 472 g/mol. The van der Waals surface area contributed by atoms with Gasteiger partial charge in [-0.25, -0.2) is 0 Å². The number of carbonyl (C=O) groups excluding carboxylic acids is 1. The fourth-order valence-corrected chi connectivity index (χ4v) is 4.96. The van der Waals surface area contributed by atoms with E-state index in [0.717, 1.165) is 64.2 Å². The Labute approximate surface area is 198 Å². The van der Waals surface area contributed by atoms with Crippen LogP contribution >= 0.6 is 27.5 Å². The van der Waals surface area contributed by atoms with E-state index >= 15 is 0 Å². The molecule has 1 aliphatic carbocycles. The van der Waals surface area contributed by atoms with Crippen molar-refractivity contribution in [3.63, 3.8) is 0 Å². The summed E-state index contributed by atoms with van der Waals surface area (Å²) < 4.78 is 1.04. The lowest BCUT2D eigenvalue weighted by Crippen LogP contribution is -2.33. The number of benzene rings is 2. The minimum atomic E-state index is 0.0322. The third-order valence-electron chi connectivity index (χ3n) is 6.29. The Morgan fingerprint density at radius 3 is 2.65 bits per heavy atom. The molecule has 1 N–H and O–H groups in total. The van der Waals surface area contributed by atoms with Crippen LogP contribution in [0.4, 0.5) is 0 Å². The molecule has 5 heteroatoms. The Morgan fingerprint density at radius 2 is 1.90 bits per heavy atom. The van der Waals surface area contributed by atoms with Crippen molar-refractivity contribution >= 4 is 45.1 Å². The first-order chi connectivity index (χ1) is 15.0. The molecule has 2 aliphatic rings. The van der Waals surface area contributed by atoms with Gasteiger partial charge in [0.05, 0.1) is 5.57 Å². The lowest BCUT2D eigenvalue weighted by Gasteiger charge is -2.28. The van der Waals surface area contributed by atoms with E-state index in [1.54, 1.807) is 0 Å². The van der Waals surface area contributed by atoms with Crippen molar-refractivity contribution in [1.29, 1.82) is 0 Å². The van der Waals surface area contributed by atoms with Crippen LogP contribution in [0.3, 0.4) is 0 Å². The predicted octanol–water partition coefficient (Wildman–Crippen LogP) is 5.97. The molecule has 0 atom stereocenters. The maximum Gasteiger partial charge on any atom is 0.252 e. The molecule has 0 aromatic heterocycles. The number of nitrogens with zero attached hydrogens (tertiary/aromatic N) is 1. The first kappa shape index (κ1) is 22.3. The van der Waals surface area contributed by atoms with Gasteiger partial charge in [0, 0.05) is 16.0 Å². The second-order valence-electron chi connectivity index (χ2n) is 8.55. The van der Waals surface area contributed by atoms with E-state index in [1.807, 2.05) is 30.3 Å². The zero-order chi connectivity index (χ0) is 21.8. The zero-order valence-corrected chi connectivity index (χ0v) is 20.2. The van der Waals surface area contributed by atoms with E-state index in [4.69, 9.17) is 11.6 Å². The van der Waals surface area contributed by atoms with Gasteiger partial charge >= 0.3 is 0 Å². The standard InChI is InChI=1S/C26H28BrClN2O/c1-30-14-11-19(12-15-30)10-13-29-26(31)25-20(5-2-18-3-7-23(28)8-4-18)16-21-17-22(27)6-9-24(21)25/h2-9,17,19H,10-16H2,1H3,(H,29,31)/b5-2+. The van der Waals surface area contributed by atoms with Crippen LogP contribution < -0.4 is 5.32 Å². The average molecular weight is 500 g/mol. The molecule has 162 valence electrons. The van der Waals surface area contributed by atoms with Crippen molar-refractivity contribution in [2.45, 2.75) is 25.7 Å². The molecule has 31 heavy (non-hydrogen) atoms. The van der Waals surface area contributed by atoms with Gasteiger partial charge in [-0.2, -0.15) is 0 Å². The Morgan fingerprint density at radius 1 is 1.16 bits per heavy atom. The summed E-state index contributed by atoms with van der Waals surface area (Å²) in [5.41, 5.74) is 5.15. The summed E-state index contributed by atoms with van der Waals surface area (Å²) in [7, 11) is 2.18. The molecule has 0 radical (unpaired) electrons. The number of fused-ring (bicyclic) bond motifs is 1. The highest BCUT2D eigenvalue weighted by Gasteiger charge is 2.26. The van der Waals surface area contributed by atoms with Gasteiger partial charge in [0.2, 0.25) is 0 Å². The fraction of sp³-hybridized carbons (Fsp3) is 0.346. The van der Waals surface area contributed by atoms with E-state index in [2.05, 4.69) is 57.5 Å². The Hall–Kier alpha value is -1.88. The van der Waals surface area contributed by atoms with Gasteiger partial charge < -0.3 is 10.2 Å². The highest BCUT2D eigenvalue weighted by Crippen LogP contribution is 2.35. The second-order valence-corrected chi connectivity index (χ2v) is 9.91. The molecule has 0 bridgehead atoms. The molecule has 1 heterocycles. The summed E-state index contributed by atoms with van der Waals surface area (Å²) in [5.74, 6) is 0.742. The van der Waals surface area contributed by atoms with Crippen molar-refractivity contribution in [2.24, 2.45) is 5.92 Å². The molecular formula is C26H28BrClN2O. The summed E-state index contributed by atoms with van der Waals surface area (Å²) in [6, 6.07) is 13.9. The van der Waals surface area contributed by atoms with Crippen LogP contribution in [-0.4, -0.2) is 37.5 Å². The zero-order valence-electron chi connectivity index (χ0n) is 17.8. The number of allylic oxidation sites excluding steroid dienone is 2. The van der Waals surface area contributed by atoms with Gasteiger partial charge in [0.25, 0.3) is 5.91 Å². The molecule has 0 unspecified atom stereocenters. The number of halogens is 2. The van der Waals surface area contributed by atoms with Crippen LogP contribution in [0, 0.1) is 5.92 Å². The number of rotatable bonds is 6. The van der Waals surface area contributed by atoms with Crippen LogP contribution in [-0.2, 0) is 11.2 Å². The molecule has 1 aliphatic heterocycles. The highest BCUT2D eigenvalue weighted by molar-refractivity contribution is 9.10. The van der Waals surface area contributed by atoms with E-state index in [-0.39, 0.29) is 5.91 Å². The molecule has 4 rings (SSSR count). The minimum absolute atomic E-state index is 0.0322. The van der Waals surface area contributed by atoms with Crippen LogP contribution in [0.1, 0.15) is 36.0 Å². The Balaban J connectivity index is 1.49. The van der Waals surface area contributed by atoms with Gasteiger partial charge in [-0.15, -0.1) is 0 Å². The normalized spacial score (nSPS) is 17.4. The number of carbonyl (C=O) groups is 1. The third kappa shape index (κ3) is 5.68. The van der Waals surface area contributed by atoms with Crippen molar-refractivity contribution in [1.82, 2.24) is 10.2 Å². The summed E-state index contributed by atoms with van der Waals surface area (Å²) in [4.78, 5) is 15.6. The SMILES string of the molecule is CN1CCC(CCNC(=O)C2=C(/C=C/c3ccc(Cl)cc3)Cc3cc(Br)ccc32)CC1. The summed E-state index contributed by atoms with van der Waals surface area (Å²) in [6.45, 7) is 3.05. The van der Waals surface area contributed by atoms with Gasteiger partial charge in [-0.05, 0) is 98.3 Å². The number of likely N-dealkylation sites (tertiary alicyclic amines) is 1. The molecule has 0 spiro atoms. The number of hydrogen-bond acceptors (Lipinski definition) is 2. The minimum Gasteiger partial charge on any atom is -0.352 e. The van der Waals surface area contributed by atoms with Crippen molar-refractivity contribution < 1.29 is 4.79 Å². The Bertz CT molecular complexity index is 1000. The topological polar surface area (TPSA) is 32.3 Å². The van der Waals surface area contributed by atoms with Crippen LogP contribution in [0.25, 0.3) is 11.6 Å². The summed E-state index contributed by atoms with van der Waals surface area (Å²) in [6.07, 6.45) is 8.38. The van der Waals surface area contributed by atoms with Crippen LogP contribution in [0.15, 0.2) is 58.6 Å². The van der Waals surface area contributed by atoms with E-state index < -0.39 is 0 Å². The van der Waals surface area contributed by atoms with Crippen molar-refractivity contribution in [3.8, 4) is 0 Å². The number of nitrogens with one attached hydrogen (secondary N) is 1. The molecule has 1 amide bonds. The smallest absolute Gasteiger partial charge is 0.252 e. The first-order valence-electron chi connectivity index (χ1n) is 10.9. The maximum absolute atomic E-state index is 13.2. The monoisotopic (exact) mass is 498 g/mol. The maximum atomic E-state index is 13.2. The number of piperidine rings is 1. The average Bonchev–Trinajstić information content (AvgIpc) is 3.12. The van der Waals surface area contributed by atoms with Gasteiger partial charge in [-0.1, -0.05) is 57.9 Å². The highest BCUT2D eigenvalue weighted by atomic mass is 79.9. The van der Waals surface area contributed by atoms with Gasteiger partial charge in [0.1, 0.15) is 0 Å². The largest absolute Gasteiger partial charge is 0.352 e. The van der Waals surface area contributed by atoms with Crippen molar-refractivity contribution in [3.05, 3.63) is 80.3 Å². The molecule has 2 aromatic rings. The third-order valence-corrected chi connectivity index (χ3v) is 7.03. The lowest BCUT2D eigenvalue weighted by atomic mass is 9.94. The number of hydrogen-bond donors (Lipinski definition) is 1. The molecule has 1 fully saturated rings. The predicted molar refractivity (Wildman–Crippen MR) is 133 cm³/mol. The van der Waals surface area contributed by atoms with Gasteiger partial charge in [0.15, 0.2) is 0 Å². The quantitative estimate of drug-likeness (QED) is 0.531. The molecule has 3 nitrogen and oxygen atoms in total. The van der Waals surface area contributed by atoms with Crippen LogP contribution in [0.2, 0.25) is 5.02 Å². The van der Waals surface area contributed by atoms with E-state index in [9.17, 15) is 4.79 Å². The summed E-state index contributed by atoms with van der Waals surface area (Å²) in [5, 5.41) is 3.92. The Kier molecular flexibility index (Phi) is 7.31. The van der Waals surface area contributed by atoms with Crippen LogP contribution in [0.5, 0.6) is 0 Å². The molecule has 2 aromatic carbocycles.